The number of nitrogens with one attached hydrogen (secondary N) is 3. The number of carbonyl (C=O) groups is 2. The molecular weight excluding hydrogens is 278 g/mol. The van der Waals surface area contributed by atoms with Crippen LogP contribution >= 0.6 is 0 Å². The van der Waals surface area contributed by atoms with E-state index in [9.17, 15) is 9.59 Å². The predicted molar refractivity (Wildman–Crippen MR) is 85.4 cm³/mol. The fourth-order valence-electron chi connectivity index (χ4n) is 2.39. The number of amides is 2. The summed E-state index contributed by atoms with van der Waals surface area (Å²) in [5, 5.41) is 8.74. The highest BCUT2D eigenvalue weighted by molar-refractivity contribution is 6.04. The van der Waals surface area contributed by atoms with Crippen LogP contribution < -0.4 is 16.0 Å². The van der Waals surface area contributed by atoms with Gasteiger partial charge in [0.25, 0.3) is 0 Å². The van der Waals surface area contributed by atoms with Crippen LogP contribution in [0.15, 0.2) is 54.6 Å². The summed E-state index contributed by atoms with van der Waals surface area (Å²) in [5.41, 5.74) is 2.61. The molecule has 0 saturated carbocycles. The van der Waals surface area contributed by atoms with Crippen molar-refractivity contribution in [2.75, 3.05) is 10.6 Å². The number of carbonyl (C=O) groups excluding carboxylic acids is 2. The summed E-state index contributed by atoms with van der Waals surface area (Å²) in [6, 6.07) is 16.6. The lowest BCUT2D eigenvalue weighted by Gasteiger charge is -2.26. The van der Waals surface area contributed by atoms with E-state index in [0.29, 0.717) is 6.54 Å². The molecule has 1 aliphatic rings. The Hall–Kier alpha value is -2.82. The van der Waals surface area contributed by atoms with Crippen LogP contribution in [0.4, 0.5) is 11.4 Å². The van der Waals surface area contributed by atoms with E-state index in [1.54, 1.807) is 0 Å². The minimum Gasteiger partial charge on any atom is -0.372 e. The van der Waals surface area contributed by atoms with E-state index in [0.717, 1.165) is 16.9 Å². The third kappa shape index (κ3) is 3.25. The molecule has 22 heavy (non-hydrogen) atoms. The molecule has 5 heteroatoms. The first-order chi connectivity index (χ1) is 10.7. The number of rotatable bonds is 4. The first kappa shape index (κ1) is 14.1. The monoisotopic (exact) mass is 295 g/mol. The van der Waals surface area contributed by atoms with E-state index in [2.05, 4.69) is 16.0 Å². The highest BCUT2D eigenvalue weighted by Crippen LogP contribution is 2.26. The highest BCUT2D eigenvalue weighted by atomic mass is 16.2. The third-order valence-corrected chi connectivity index (χ3v) is 3.55. The Bertz CT molecular complexity index is 685. The molecule has 1 atom stereocenters. The molecule has 3 N–H and O–H groups in total. The second-order valence-electron chi connectivity index (χ2n) is 5.20. The normalized spacial score (nSPS) is 16.2. The molecule has 2 aromatic carbocycles. The Morgan fingerprint density at radius 2 is 1.68 bits per heavy atom. The van der Waals surface area contributed by atoms with Crippen molar-refractivity contribution < 1.29 is 9.59 Å². The molecule has 1 heterocycles. The van der Waals surface area contributed by atoms with Crippen LogP contribution in [0, 0.1) is 0 Å². The van der Waals surface area contributed by atoms with Crippen molar-refractivity contribution in [3.8, 4) is 0 Å². The lowest BCUT2D eigenvalue weighted by Crippen LogP contribution is -2.42. The summed E-state index contributed by atoms with van der Waals surface area (Å²) >= 11 is 0. The predicted octanol–water partition coefficient (Wildman–Crippen LogP) is 2.13. The van der Waals surface area contributed by atoms with Gasteiger partial charge in [-0.05, 0) is 17.7 Å². The largest absolute Gasteiger partial charge is 0.372 e. The van der Waals surface area contributed by atoms with E-state index in [1.165, 1.54) is 0 Å². The Morgan fingerprint density at radius 3 is 2.45 bits per heavy atom. The SMILES string of the molecule is O=C(C[C@H]1Nc2ccccc2NC1=O)NCc1ccccc1. The summed E-state index contributed by atoms with van der Waals surface area (Å²) in [7, 11) is 0. The highest BCUT2D eigenvalue weighted by Gasteiger charge is 2.27. The Morgan fingerprint density at radius 1 is 1.00 bits per heavy atom. The van der Waals surface area contributed by atoms with Crippen LogP contribution in [0.25, 0.3) is 0 Å². The summed E-state index contributed by atoms with van der Waals surface area (Å²) in [5.74, 6) is -0.343. The Balaban J connectivity index is 1.57. The van der Waals surface area contributed by atoms with Crippen LogP contribution in [-0.4, -0.2) is 17.9 Å². The fraction of sp³-hybridized carbons (Fsp3) is 0.176. The van der Waals surface area contributed by atoms with E-state index in [1.807, 2.05) is 54.6 Å². The van der Waals surface area contributed by atoms with E-state index >= 15 is 0 Å². The molecule has 3 rings (SSSR count). The number of benzene rings is 2. The van der Waals surface area contributed by atoms with Crippen molar-refractivity contribution in [2.45, 2.75) is 19.0 Å². The van der Waals surface area contributed by atoms with Gasteiger partial charge in [0.2, 0.25) is 11.8 Å². The van der Waals surface area contributed by atoms with Gasteiger partial charge in [-0.1, -0.05) is 42.5 Å². The van der Waals surface area contributed by atoms with Crippen molar-refractivity contribution >= 4 is 23.2 Å². The summed E-state index contributed by atoms with van der Waals surface area (Å²) < 4.78 is 0. The second kappa shape index (κ2) is 6.30. The third-order valence-electron chi connectivity index (χ3n) is 3.55. The minimum absolute atomic E-state index is 0.104. The van der Waals surface area contributed by atoms with E-state index < -0.39 is 6.04 Å². The number of fused-ring (bicyclic) bond motifs is 1. The minimum atomic E-state index is -0.550. The zero-order valence-electron chi connectivity index (χ0n) is 12.0. The van der Waals surface area contributed by atoms with Gasteiger partial charge in [0.1, 0.15) is 6.04 Å². The molecule has 0 aliphatic carbocycles. The van der Waals surface area contributed by atoms with E-state index in [4.69, 9.17) is 0 Å². The van der Waals surface area contributed by atoms with Gasteiger partial charge in [-0.2, -0.15) is 0 Å². The maximum Gasteiger partial charge on any atom is 0.247 e. The van der Waals surface area contributed by atoms with Gasteiger partial charge >= 0.3 is 0 Å². The lowest BCUT2D eigenvalue weighted by molar-refractivity contribution is -0.125. The van der Waals surface area contributed by atoms with E-state index in [-0.39, 0.29) is 18.2 Å². The first-order valence-corrected chi connectivity index (χ1v) is 7.19. The maximum atomic E-state index is 12.0. The molecule has 0 fully saturated rings. The van der Waals surface area contributed by atoms with Gasteiger partial charge in [0.05, 0.1) is 17.8 Å². The molecule has 2 aromatic rings. The number of hydrogen-bond donors (Lipinski definition) is 3. The smallest absolute Gasteiger partial charge is 0.247 e. The van der Waals surface area contributed by atoms with Crippen LogP contribution in [0.2, 0.25) is 0 Å². The van der Waals surface area contributed by atoms with Gasteiger partial charge in [0, 0.05) is 6.54 Å². The number of anilines is 2. The van der Waals surface area contributed by atoms with Crippen molar-refractivity contribution in [1.29, 1.82) is 0 Å². The molecule has 112 valence electrons. The summed E-state index contributed by atoms with van der Waals surface area (Å²) in [6.07, 6.45) is 0.104. The van der Waals surface area contributed by atoms with Gasteiger partial charge in [-0.3, -0.25) is 9.59 Å². The number of para-hydroxylation sites is 2. The van der Waals surface area contributed by atoms with Gasteiger partial charge < -0.3 is 16.0 Å². The van der Waals surface area contributed by atoms with Crippen LogP contribution in [0.3, 0.4) is 0 Å². The standard InChI is InChI=1S/C17H17N3O2/c21-16(18-11-12-6-2-1-3-7-12)10-15-17(22)20-14-9-5-4-8-13(14)19-15/h1-9,15,19H,10-11H2,(H,18,21)(H,20,22)/t15-/m1/s1. The quantitative estimate of drug-likeness (QED) is 0.809. The van der Waals surface area contributed by atoms with Crippen molar-refractivity contribution in [2.24, 2.45) is 0 Å². The average molecular weight is 295 g/mol. The molecule has 0 unspecified atom stereocenters. The lowest BCUT2D eigenvalue weighted by atomic mass is 10.1. The molecule has 0 bridgehead atoms. The van der Waals surface area contributed by atoms with Gasteiger partial charge in [-0.15, -0.1) is 0 Å². The molecule has 0 aromatic heterocycles. The second-order valence-corrected chi connectivity index (χ2v) is 5.20. The zero-order valence-corrected chi connectivity index (χ0v) is 12.0. The molecule has 2 amide bonds. The maximum absolute atomic E-state index is 12.0. The van der Waals surface area contributed by atoms with Crippen molar-refractivity contribution in [3.05, 3.63) is 60.2 Å². The van der Waals surface area contributed by atoms with Crippen molar-refractivity contribution in [1.82, 2.24) is 5.32 Å². The topological polar surface area (TPSA) is 70.2 Å². The molecule has 1 aliphatic heterocycles. The van der Waals surface area contributed by atoms with Crippen molar-refractivity contribution in [3.63, 3.8) is 0 Å². The van der Waals surface area contributed by atoms with Gasteiger partial charge in [-0.25, -0.2) is 0 Å². The molecule has 0 radical (unpaired) electrons. The Kier molecular flexibility index (Phi) is 4.05. The first-order valence-electron chi connectivity index (χ1n) is 7.19. The van der Waals surface area contributed by atoms with Crippen LogP contribution in [-0.2, 0) is 16.1 Å². The Labute approximate surface area is 128 Å². The number of hydrogen-bond acceptors (Lipinski definition) is 3. The molecule has 0 saturated heterocycles. The van der Waals surface area contributed by atoms with Crippen LogP contribution in [0.5, 0.6) is 0 Å². The van der Waals surface area contributed by atoms with Gasteiger partial charge in [0.15, 0.2) is 0 Å². The average Bonchev–Trinajstić information content (AvgIpc) is 2.55. The zero-order chi connectivity index (χ0) is 15.4. The molecule has 0 spiro atoms. The van der Waals surface area contributed by atoms with Crippen LogP contribution in [0.1, 0.15) is 12.0 Å². The molecular formula is C17H17N3O2. The molecule has 5 nitrogen and oxygen atoms in total. The summed E-state index contributed by atoms with van der Waals surface area (Å²) in [6.45, 7) is 0.463. The fourth-order valence-corrected chi connectivity index (χ4v) is 2.39. The summed E-state index contributed by atoms with van der Waals surface area (Å²) in [4.78, 5) is 24.0.